The normalized spacial score (nSPS) is 10.9. The molecule has 8 heteroatoms. The standard InChI is InChI=1S/C19H18N4O4/c1-24-14-7-6-13(16(25-2)17(14)26-3)18-21-15(27-22-18)11-23-10-8-12-5-4-9-20-19(12)23/h4-10H,11H2,1-3H3. The van der Waals surface area contributed by atoms with E-state index in [1.807, 2.05) is 29.0 Å². The zero-order valence-electron chi connectivity index (χ0n) is 15.2. The van der Waals surface area contributed by atoms with Gasteiger partial charge in [-0.05, 0) is 30.3 Å². The number of nitrogens with zero attached hydrogens (tertiary/aromatic N) is 4. The van der Waals surface area contributed by atoms with E-state index in [9.17, 15) is 0 Å². The third kappa shape index (κ3) is 2.95. The van der Waals surface area contributed by atoms with Gasteiger partial charge in [0, 0.05) is 17.8 Å². The number of hydrogen-bond acceptors (Lipinski definition) is 7. The zero-order chi connectivity index (χ0) is 18.8. The Hall–Kier alpha value is -3.55. The molecule has 8 nitrogen and oxygen atoms in total. The van der Waals surface area contributed by atoms with Crippen molar-refractivity contribution in [2.45, 2.75) is 6.54 Å². The van der Waals surface area contributed by atoms with Gasteiger partial charge in [0.1, 0.15) is 12.2 Å². The van der Waals surface area contributed by atoms with Gasteiger partial charge in [0.2, 0.25) is 17.5 Å². The molecule has 0 aliphatic carbocycles. The predicted octanol–water partition coefficient (Wildman–Crippen LogP) is 3.16. The quantitative estimate of drug-likeness (QED) is 0.518. The lowest BCUT2D eigenvalue weighted by atomic mass is 10.1. The molecule has 0 spiro atoms. The first-order valence-electron chi connectivity index (χ1n) is 8.27. The highest BCUT2D eigenvalue weighted by atomic mass is 16.5. The van der Waals surface area contributed by atoms with E-state index in [0.717, 1.165) is 11.0 Å². The van der Waals surface area contributed by atoms with E-state index in [0.29, 0.717) is 41.1 Å². The summed E-state index contributed by atoms with van der Waals surface area (Å²) in [6, 6.07) is 9.49. The second kappa shape index (κ2) is 6.99. The fourth-order valence-corrected chi connectivity index (χ4v) is 3.00. The van der Waals surface area contributed by atoms with Crippen LogP contribution in [0.3, 0.4) is 0 Å². The molecule has 3 heterocycles. The molecule has 0 fully saturated rings. The van der Waals surface area contributed by atoms with Crippen LogP contribution in [0.1, 0.15) is 5.89 Å². The lowest BCUT2D eigenvalue weighted by Crippen LogP contribution is -2.00. The molecule has 3 aromatic heterocycles. The smallest absolute Gasteiger partial charge is 0.246 e. The summed E-state index contributed by atoms with van der Waals surface area (Å²) in [6.45, 7) is 0.420. The Morgan fingerprint density at radius 3 is 2.63 bits per heavy atom. The summed E-state index contributed by atoms with van der Waals surface area (Å²) in [7, 11) is 4.67. The number of methoxy groups -OCH3 is 3. The van der Waals surface area contributed by atoms with Crippen molar-refractivity contribution in [3.05, 3.63) is 48.6 Å². The van der Waals surface area contributed by atoms with Crippen molar-refractivity contribution in [2.24, 2.45) is 0 Å². The van der Waals surface area contributed by atoms with E-state index in [2.05, 4.69) is 15.1 Å². The van der Waals surface area contributed by atoms with Crippen LogP contribution in [0.15, 0.2) is 47.2 Å². The Balaban J connectivity index is 1.69. The minimum Gasteiger partial charge on any atom is -0.493 e. The van der Waals surface area contributed by atoms with Gasteiger partial charge in [0.05, 0.1) is 26.9 Å². The summed E-state index contributed by atoms with van der Waals surface area (Å²) < 4.78 is 23.6. The number of ether oxygens (including phenoxy) is 3. The van der Waals surface area contributed by atoms with E-state index in [1.165, 1.54) is 0 Å². The molecule has 0 amide bonds. The van der Waals surface area contributed by atoms with Crippen molar-refractivity contribution in [1.82, 2.24) is 19.7 Å². The maximum Gasteiger partial charge on any atom is 0.246 e. The molecule has 0 N–H and O–H groups in total. The van der Waals surface area contributed by atoms with Crippen LogP contribution in [0.2, 0.25) is 0 Å². The fourth-order valence-electron chi connectivity index (χ4n) is 3.00. The van der Waals surface area contributed by atoms with Gasteiger partial charge in [-0.15, -0.1) is 0 Å². The van der Waals surface area contributed by atoms with Crippen molar-refractivity contribution in [3.63, 3.8) is 0 Å². The Morgan fingerprint density at radius 2 is 1.85 bits per heavy atom. The van der Waals surface area contributed by atoms with Crippen LogP contribution in [0.5, 0.6) is 17.2 Å². The molecule has 0 aliphatic rings. The van der Waals surface area contributed by atoms with E-state index in [4.69, 9.17) is 18.7 Å². The molecule has 0 saturated carbocycles. The highest BCUT2D eigenvalue weighted by Crippen LogP contribution is 2.43. The van der Waals surface area contributed by atoms with Crippen LogP contribution in [0, 0.1) is 0 Å². The van der Waals surface area contributed by atoms with E-state index >= 15 is 0 Å². The van der Waals surface area contributed by atoms with Crippen LogP contribution >= 0.6 is 0 Å². The number of hydrogen-bond donors (Lipinski definition) is 0. The molecule has 138 valence electrons. The monoisotopic (exact) mass is 366 g/mol. The van der Waals surface area contributed by atoms with Crippen molar-refractivity contribution in [1.29, 1.82) is 0 Å². The van der Waals surface area contributed by atoms with Crippen molar-refractivity contribution >= 4 is 11.0 Å². The molecule has 0 bridgehead atoms. The van der Waals surface area contributed by atoms with Gasteiger partial charge < -0.3 is 23.3 Å². The third-order valence-electron chi connectivity index (χ3n) is 4.24. The molecule has 0 unspecified atom stereocenters. The molecular formula is C19H18N4O4. The molecule has 27 heavy (non-hydrogen) atoms. The molecule has 0 aliphatic heterocycles. The molecular weight excluding hydrogens is 348 g/mol. The number of pyridine rings is 1. The van der Waals surface area contributed by atoms with Crippen LogP contribution in [-0.4, -0.2) is 41.0 Å². The van der Waals surface area contributed by atoms with Gasteiger partial charge >= 0.3 is 0 Å². The summed E-state index contributed by atoms with van der Waals surface area (Å²) in [5, 5.41) is 5.14. The summed E-state index contributed by atoms with van der Waals surface area (Å²) >= 11 is 0. The predicted molar refractivity (Wildman–Crippen MR) is 98.2 cm³/mol. The van der Waals surface area contributed by atoms with E-state index in [1.54, 1.807) is 39.7 Å². The largest absolute Gasteiger partial charge is 0.493 e. The lowest BCUT2D eigenvalue weighted by molar-refractivity contribution is 0.325. The van der Waals surface area contributed by atoms with Crippen LogP contribution in [0.4, 0.5) is 0 Å². The second-order valence-corrected chi connectivity index (χ2v) is 5.75. The molecule has 4 rings (SSSR count). The Kier molecular flexibility index (Phi) is 4.37. The fraction of sp³-hybridized carbons (Fsp3) is 0.211. The van der Waals surface area contributed by atoms with Crippen molar-refractivity contribution in [2.75, 3.05) is 21.3 Å². The van der Waals surface area contributed by atoms with Gasteiger partial charge in [-0.3, -0.25) is 0 Å². The minimum absolute atomic E-state index is 0.409. The van der Waals surface area contributed by atoms with Gasteiger partial charge in [-0.25, -0.2) is 4.98 Å². The SMILES string of the molecule is COc1ccc(-c2noc(Cn3ccc4cccnc43)n2)c(OC)c1OC. The lowest BCUT2D eigenvalue weighted by Gasteiger charge is -2.13. The van der Waals surface area contributed by atoms with Crippen molar-refractivity contribution in [3.8, 4) is 28.6 Å². The number of rotatable bonds is 6. The maximum absolute atomic E-state index is 5.50. The Labute approximate surface area is 155 Å². The highest BCUT2D eigenvalue weighted by Gasteiger charge is 2.21. The first-order valence-corrected chi connectivity index (χ1v) is 8.27. The first kappa shape index (κ1) is 16.9. The van der Waals surface area contributed by atoms with Gasteiger partial charge in [-0.1, -0.05) is 5.16 Å². The third-order valence-corrected chi connectivity index (χ3v) is 4.24. The van der Waals surface area contributed by atoms with E-state index < -0.39 is 0 Å². The van der Waals surface area contributed by atoms with Crippen LogP contribution in [0.25, 0.3) is 22.4 Å². The first-order chi connectivity index (χ1) is 13.2. The summed E-state index contributed by atoms with van der Waals surface area (Å²) in [4.78, 5) is 8.89. The van der Waals surface area contributed by atoms with Crippen LogP contribution < -0.4 is 14.2 Å². The van der Waals surface area contributed by atoms with E-state index in [-0.39, 0.29) is 0 Å². The summed E-state index contributed by atoms with van der Waals surface area (Å²) in [5.41, 5.74) is 1.52. The molecule has 1 aromatic carbocycles. The average Bonchev–Trinajstić information content (AvgIpc) is 3.34. The Bertz CT molecular complexity index is 1090. The average molecular weight is 366 g/mol. The zero-order valence-corrected chi connectivity index (χ0v) is 15.2. The number of benzene rings is 1. The molecule has 0 atom stereocenters. The van der Waals surface area contributed by atoms with Gasteiger partial charge in [0.15, 0.2) is 11.5 Å². The minimum atomic E-state index is 0.409. The van der Waals surface area contributed by atoms with Gasteiger partial charge in [0.25, 0.3) is 0 Å². The molecule has 4 aromatic rings. The summed E-state index contributed by atoms with van der Waals surface area (Å²) in [6.07, 6.45) is 3.70. The molecule has 0 saturated heterocycles. The number of aromatic nitrogens is 4. The van der Waals surface area contributed by atoms with Crippen molar-refractivity contribution < 1.29 is 18.7 Å². The second-order valence-electron chi connectivity index (χ2n) is 5.75. The van der Waals surface area contributed by atoms with Crippen LogP contribution in [-0.2, 0) is 6.54 Å². The van der Waals surface area contributed by atoms with Gasteiger partial charge in [-0.2, -0.15) is 4.98 Å². The Morgan fingerprint density at radius 1 is 1.00 bits per heavy atom. The topological polar surface area (TPSA) is 84.4 Å². The highest BCUT2D eigenvalue weighted by molar-refractivity contribution is 5.76. The molecule has 0 radical (unpaired) electrons. The summed E-state index contributed by atoms with van der Waals surface area (Å²) in [5.74, 6) is 2.39. The number of fused-ring (bicyclic) bond motifs is 1. The maximum atomic E-state index is 5.50.